The molecule has 32 heavy (non-hydrogen) atoms. The molecule has 5 fully saturated rings. The van der Waals surface area contributed by atoms with Gasteiger partial charge in [0.15, 0.2) is 0 Å². The fourth-order valence-corrected chi connectivity index (χ4v) is 8.87. The van der Waals surface area contributed by atoms with Crippen LogP contribution in [-0.4, -0.2) is 35.0 Å². The molecule has 7 heteroatoms. The highest BCUT2D eigenvalue weighted by atomic mass is 35.5. The Balaban J connectivity index is 1.06. The predicted molar refractivity (Wildman–Crippen MR) is 125 cm³/mol. The van der Waals surface area contributed by atoms with E-state index in [4.69, 9.17) is 23.2 Å². The molecule has 0 radical (unpaired) electrons. The molecular formula is C25H31Cl2N3O2. The number of hydrogen-bond acceptors (Lipinski definition) is 2. The quantitative estimate of drug-likeness (QED) is 0.618. The molecule has 4 saturated carbocycles. The first kappa shape index (κ1) is 21.1. The maximum Gasteiger partial charge on any atom is 0.317 e. The van der Waals surface area contributed by atoms with E-state index in [1.807, 2.05) is 11.0 Å². The summed E-state index contributed by atoms with van der Waals surface area (Å²) in [5.41, 5.74) is 1.29. The summed E-state index contributed by atoms with van der Waals surface area (Å²) >= 11 is 12.2. The smallest absolute Gasteiger partial charge is 0.317 e. The highest BCUT2D eigenvalue weighted by molar-refractivity contribution is 6.35. The Bertz CT molecular complexity index is 965. The number of benzene rings is 1. The standard InChI is InChI=1S/C25H31Cl2N3O2/c26-19-4-3-17(21(27)8-19)14-28-23(32)30-5-1-2-20(30)9-22(31)29-25-12-16-6-15-7-18(13-25)24(25,10-15)11-16/h3-4,8,15-16,18,20H,1-2,5-7,9-14H2,(H,28,32)(H,29,31). The van der Waals surface area contributed by atoms with Gasteiger partial charge in [-0.05, 0) is 92.2 Å². The summed E-state index contributed by atoms with van der Waals surface area (Å²) < 4.78 is 0. The Morgan fingerprint density at radius 1 is 1.09 bits per heavy atom. The number of fused-ring (bicyclic) bond motifs is 2. The van der Waals surface area contributed by atoms with Crippen molar-refractivity contribution in [3.63, 3.8) is 0 Å². The number of nitrogens with one attached hydrogen (secondary N) is 2. The average molecular weight is 476 g/mol. The van der Waals surface area contributed by atoms with Crippen LogP contribution < -0.4 is 10.6 Å². The Kier molecular flexibility index (Phi) is 4.96. The van der Waals surface area contributed by atoms with Crippen LogP contribution in [0.3, 0.4) is 0 Å². The molecule has 172 valence electrons. The zero-order valence-corrected chi connectivity index (χ0v) is 19.9. The van der Waals surface area contributed by atoms with Crippen molar-refractivity contribution >= 4 is 35.1 Å². The van der Waals surface area contributed by atoms with E-state index < -0.39 is 0 Å². The van der Waals surface area contributed by atoms with Gasteiger partial charge in [0.2, 0.25) is 5.91 Å². The lowest BCUT2D eigenvalue weighted by atomic mass is 9.51. The summed E-state index contributed by atoms with van der Waals surface area (Å²) in [6.07, 6.45) is 10.0. The van der Waals surface area contributed by atoms with Crippen LogP contribution in [0, 0.1) is 23.2 Å². The van der Waals surface area contributed by atoms with Crippen molar-refractivity contribution in [2.45, 2.75) is 75.9 Å². The number of nitrogens with zero attached hydrogens (tertiary/aromatic N) is 1. The van der Waals surface area contributed by atoms with Crippen molar-refractivity contribution < 1.29 is 9.59 Å². The number of carbonyl (C=O) groups is 2. The van der Waals surface area contributed by atoms with Crippen molar-refractivity contribution in [1.29, 1.82) is 0 Å². The molecule has 0 aromatic heterocycles. The van der Waals surface area contributed by atoms with Crippen LogP contribution in [0.4, 0.5) is 4.79 Å². The van der Waals surface area contributed by atoms with Gasteiger partial charge < -0.3 is 15.5 Å². The third kappa shape index (κ3) is 3.18. The monoisotopic (exact) mass is 475 g/mol. The number of likely N-dealkylation sites (tertiary alicyclic amines) is 1. The largest absolute Gasteiger partial charge is 0.350 e. The highest BCUT2D eigenvalue weighted by Gasteiger charge is 2.74. The zero-order valence-electron chi connectivity index (χ0n) is 18.3. The van der Waals surface area contributed by atoms with Crippen molar-refractivity contribution in [1.82, 2.24) is 15.5 Å². The van der Waals surface area contributed by atoms with Crippen LogP contribution >= 0.6 is 23.2 Å². The van der Waals surface area contributed by atoms with E-state index in [1.165, 1.54) is 38.5 Å². The molecule has 1 heterocycles. The SMILES string of the molecule is O=C(CC1CCCN1C(=O)NCc1ccc(Cl)cc1Cl)NC12CC3CC4CC(C1)C2(C4)C3. The molecule has 5 nitrogen and oxygen atoms in total. The lowest BCUT2D eigenvalue weighted by Gasteiger charge is -2.59. The van der Waals surface area contributed by atoms with Gasteiger partial charge >= 0.3 is 6.03 Å². The maximum atomic E-state index is 13.2. The van der Waals surface area contributed by atoms with Gasteiger partial charge in [-0.25, -0.2) is 4.79 Å². The second-order valence-corrected chi connectivity index (χ2v) is 11.9. The minimum atomic E-state index is -0.123. The van der Waals surface area contributed by atoms with Crippen LogP contribution in [0.25, 0.3) is 0 Å². The molecule has 1 aromatic rings. The maximum absolute atomic E-state index is 13.2. The van der Waals surface area contributed by atoms with E-state index in [0.717, 1.165) is 36.2 Å². The molecule has 1 saturated heterocycles. The van der Waals surface area contributed by atoms with E-state index >= 15 is 0 Å². The summed E-state index contributed by atoms with van der Waals surface area (Å²) in [6, 6.07) is 5.13. The fraction of sp³-hybridized carbons (Fsp3) is 0.680. The van der Waals surface area contributed by atoms with Gasteiger partial charge in [0.1, 0.15) is 0 Å². The molecule has 1 aliphatic heterocycles. The Labute approximate surface area is 199 Å². The van der Waals surface area contributed by atoms with Gasteiger partial charge in [-0.2, -0.15) is 0 Å². The minimum Gasteiger partial charge on any atom is -0.350 e. The Morgan fingerprint density at radius 2 is 1.94 bits per heavy atom. The van der Waals surface area contributed by atoms with Crippen LogP contribution in [-0.2, 0) is 11.3 Å². The van der Waals surface area contributed by atoms with Crippen LogP contribution in [0.2, 0.25) is 10.0 Å². The van der Waals surface area contributed by atoms with Crippen molar-refractivity contribution in [3.05, 3.63) is 33.8 Å². The highest BCUT2D eigenvalue weighted by Crippen LogP contribution is 2.77. The van der Waals surface area contributed by atoms with E-state index in [-0.39, 0.29) is 23.5 Å². The molecule has 1 spiro atoms. The first-order valence-electron chi connectivity index (χ1n) is 12.2. The number of hydrogen-bond donors (Lipinski definition) is 2. The number of halogens is 2. The fourth-order valence-electron chi connectivity index (χ4n) is 8.39. The van der Waals surface area contributed by atoms with Crippen LogP contribution in [0.1, 0.15) is 63.4 Å². The molecule has 4 aliphatic carbocycles. The first-order valence-corrected chi connectivity index (χ1v) is 12.9. The number of carbonyl (C=O) groups excluding carboxylic acids is 2. The average Bonchev–Trinajstić information content (AvgIpc) is 3.32. The third-order valence-electron chi connectivity index (χ3n) is 9.44. The lowest BCUT2D eigenvalue weighted by Crippen LogP contribution is -2.67. The van der Waals surface area contributed by atoms with Gasteiger partial charge in [0.05, 0.1) is 0 Å². The molecule has 6 unspecified atom stereocenters. The molecular weight excluding hydrogens is 445 g/mol. The van der Waals surface area contributed by atoms with Crippen LogP contribution in [0.15, 0.2) is 18.2 Å². The number of amides is 3. The summed E-state index contributed by atoms with van der Waals surface area (Å²) in [4.78, 5) is 27.9. The molecule has 5 aliphatic rings. The molecule has 3 bridgehead atoms. The van der Waals surface area contributed by atoms with Gasteiger partial charge in [0, 0.05) is 41.1 Å². The molecule has 6 atom stereocenters. The molecule has 1 aromatic carbocycles. The van der Waals surface area contributed by atoms with Gasteiger partial charge in [0.25, 0.3) is 0 Å². The van der Waals surface area contributed by atoms with E-state index in [9.17, 15) is 9.59 Å². The van der Waals surface area contributed by atoms with Crippen LogP contribution in [0.5, 0.6) is 0 Å². The predicted octanol–water partition coefficient (Wildman–Crippen LogP) is 5.14. The number of urea groups is 1. The third-order valence-corrected chi connectivity index (χ3v) is 10.0. The second kappa shape index (κ2) is 7.53. The van der Waals surface area contributed by atoms with Crippen molar-refractivity contribution in [2.24, 2.45) is 23.2 Å². The minimum absolute atomic E-state index is 0.0300. The molecule has 3 amide bonds. The molecule has 6 rings (SSSR count). The zero-order chi connectivity index (χ0) is 22.1. The topological polar surface area (TPSA) is 61.4 Å². The van der Waals surface area contributed by atoms with Gasteiger partial charge in [-0.1, -0.05) is 29.3 Å². The first-order chi connectivity index (χ1) is 15.4. The van der Waals surface area contributed by atoms with E-state index in [0.29, 0.717) is 35.0 Å². The summed E-state index contributed by atoms with van der Waals surface area (Å²) in [5.74, 6) is 2.70. The van der Waals surface area contributed by atoms with E-state index in [1.54, 1.807) is 12.1 Å². The Morgan fingerprint density at radius 3 is 2.78 bits per heavy atom. The van der Waals surface area contributed by atoms with E-state index in [2.05, 4.69) is 10.6 Å². The van der Waals surface area contributed by atoms with Crippen molar-refractivity contribution in [3.8, 4) is 0 Å². The summed E-state index contributed by atoms with van der Waals surface area (Å²) in [5, 5.41) is 7.63. The van der Waals surface area contributed by atoms with Gasteiger partial charge in [-0.15, -0.1) is 0 Å². The normalized spacial score (nSPS) is 38.5. The summed E-state index contributed by atoms with van der Waals surface area (Å²) in [6.45, 7) is 1.04. The molecule has 2 N–H and O–H groups in total. The Hall–Kier alpha value is -1.46. The second-order valence-electron chi connectivity index (χ2n) is 11.1. The van der Waals surface area contributed by atoms with Gasteiger partial charge in [-0.3, -0.25) is 4.79 Å². The lowest BCUT2D eigenvalue weighted by molar-refractivity contribution is -0.132. The van der Waals surface area contributed by atoms with Crippen molar-refractivity contribution in [2.75, 3.05) is 6.54 Å². The summed E-state index contributed by atoms with van der Waals surface area (Å²) in [7, 11) is 0. The number of rotatable bonds is 5.